The van der Waals surface area contributed by atoms with Gasteiger partial charge in [-0.2, -0.15) is 0 Å². The topological polar surface area (TPSA) is 37.4 Å². The van der Waals surface area contributed by atoms with Crippen molar-refractivity contribution in [2.75, 3.05) is 0 Å². The molecule has 0 radical (unpaired) electrons. The van der Waals surface area contributed by atoms with Gasteiger partial charge in [-0.15, -0.1) is 0 Å². The van der Waals surface area contributed by atoms with Crippen molar-refractivity contribution in [3.8, 4) is 0 Å². The molecule has 0 spiro atoms. The van der Waals surface area contributed by atoms with Gasteiger partial charge >= 0.3 is 0 Å². The molecule has 1 aliphatic heterocycles. The van der Waals surface area contributed by atoms with Crippen molar-refractivity contribution < 1.29 is 9.59 Å². The number of rotatable bonds is 7. The minimum Gasteiger partial charge on any atom is -0.277 e. The van der Waals surface area contributed by atoms with Gasteiger partial charge < -0.3 is 0 Å². The molecule has 0 aromatic rings. The van der Waals surface area contributed by atoms with Gasteiger partial charge in [0, 0.05) is 18.4 Å². The molecule has 17 heavy (non-hydrogen) atoms. The standard InChI is InChI=1S/C14H25NO2/c1-4-6-7-8-11-14(3,5-2)15-12(16)9-10-13(15)17/h4-11H2,1-3H3. The second kappa shape index (κ2) is 6.18. The molecule has 0 saturated carbocycles. The Balaban J connectivity index is 2.60. The summed E-state index contributed by atoms with van der Waals surface area (Å²) in [5, 5.41) is 0. The minimum atomic E-state index is -0.252. The molecule has 1 saturated heterocycles. The predicted octanol–water partition coefficient (Wildman–Crippen LogP) is 3.27. The molecule has 1 fully saturated rings. The Morgan fingerprint density at radius 2 is 1.65 bits per heavy atom. The Hall–Kier alpha value is -0.860. The van der Waals surface area contributed by atoms with Crippen LogP contribution in [0.3, 0.4) is 0 Å². The van der Waals surface area contributed by atoms with Crippen molar-refractivity contribution in [3.63, 3.8) is 0 Å². The third-order valence-corrected chi connectivity index (χ3v) is 3.92. The molecular formula is C14H25NO2. The number of carbonyl (C=O) groups excluding carboxylic acids is 2. The van der Waals surface area contributed by atoms with Crippen LogP contribution in [0.1, 0.15) is 72.1 Å². The number of unbranched alkanes of at least 4 members (excludes halogenated alkanes) is 3. The van der Waals surface area contributed by atoms with Gasteiger partial charge in [-0.1, -0.05) is 39.5 Å². The molecule has 1 atom stereocenters. The second-order valence-corrected chi connectivity index (χ2v) is 5.28. The monoisotopic (exact) mass is 239 g/mol. The van der Waals surface area contributed by atoms with E-state index >= 15 is 0 Å². The lowest BCUT2D eigenvalue weighted by molar-refractivity contribution is -0.145. The van der Waals surface area contributed by atoms with Crippen LogP contribution in [0, 0.1) is 0 Å². The van der Waals surface area contributed by atoms with E-state index in [0.29, 0.717) is 12.8 Å². The van der Waals surface area contributed by atoms with Crippen LogP contribution < -0.4 is 0 Å². The number of amides is 2. The first-order valence-corrected chi connectivity index (χ1v) is 6.91. The van der Waals surface area contributed by atoms with E-state index < -0.39 is 0 Å². The van der Waals surface area contributed by atoms with Crippen molar-refractivity contribution in [1.82, 2.24) is 4.90 Å². The summed E-state index contributed by atoms with van der Waals surface area (Å²) < 4.78 is 0. The van der Waals surface area contributed by atoms with Crippen molar-refractivity contribution in [2.45, 2.75) is 77.7 Å². The largest absolute Gasteiger partial charge is 0.277 e. The van der Waals surface area contributed by atoms with Gasteiger partial charge in [0.2, 0.25) is 11.8 Å². The fourth-order valence-electron chi connectivity index (χ4n) is 2.56. The van der Waals surface area contributed by atoms with Crippen LogP contribution >= 0.6 is 0 Å². The molecule has 3 nitrogen and oxygen atoms in total. The van der Waals surface area contributed by atoms with Gasteiger partial charge in [-0.3, -0.25) is 14.5 Å². The van der Waals surface area contributed by atoms with Crippen LogP contribution in [0.4, 0.5) is 0 Å². The van der Waals surface area contributed by atoms with Gasteiger partial charge in [0.1, 0.15) is 0 Å². The fraction of sp³-hybridized carbons (Fsp3) is 0.857. The first kappa shape index (κ1) is 14.2. The lowest BCUT2D eigenvalue weighted by Crippen LogP contribution is -2.49. The molecular weight excluding hydrogens is 214 g/mol. The third-order valence-electron chi connectivity index (χ3n) is 3.92. The van der Waals surface area contributed by atoms with Crippen LogP contribution in [0.2, 0.25) is 0 Å². The van der Waals surface area contributed by atoms with Crippen molar-refractivity contribution in [2.24, 2.45) is 0 Å². The number of nitrogens with zero attached hydrogens (tertiary/aromatic N) is 1. The summed E-state index contributed by atoms with van der Waals surface area (Å²) in [6.45, 7) is 6.31. The molecule has 1 heterocycles. The Bertz CT molecular complexity index is 272. The highest BCUT2D eigenvalue weighted by Gasteiger charge is 2.41. The fourth-order valence-corrected chi connectivity index (χ4v) is 2.56. The predicted molar refractivity (Wildman–Crippen MR) is 68.5 cm³/mol. The van der Waals surface area contributed by atoms with Crippen molar-refractivity contribution in [1.29, 1.82) is 0 Å². The quantitative estimate of drug-likeness (QED) is 0.505. The molecule has 1 unspecified atom stereocenters. The maximum absolute atomic E-state index is 11.8. The van der Waals surface area contributed by atoms with Crippen LogP contribution in [0.25, 0.3) is 0 Å². The number of carbonyl (C=O) groups is 2. The molecule has 0 N–H and O–H groups in total. The minimum absolute atomic E-state index is 0.0230. The second-order valence-electron chi connectivity index (χ2n) is 5.28. The Labute approximate surface area is 105 Å². The van der Waals surface area contributed by atoms with Gasteiger partial charge in [0.15, 0.2) is 0 Å². The average molecular weight is 239 g/mol. The van der Waals surface area contributed by atoms with Crippen molar-refractivity contribution in [3.05, 3.63) is 0 Å². The highest BCUT2D eigenvalue weighted by atomic mass is 16.2. The van der Waals surface area contributed by atoms with E-state index in [1.807, 2.05) is 0 Å². The summed E-state index contributed by atoms with van der Waals surface area (Å²) >= 11 is 0. The lowest BCUT2D eigenvalue weighted by atomic mass is 9.89. The first-order valence-electron chi connectivity index (χ1n) is 6.91. The molecule has 0 aromatic heterocycles. The maximum Gasteiger partial charge on any atom is 0.230 e. The highest BCUT2D eigenvalue weighted by Crippen LogP contribution is 2.31. The summed E-state index contributed by atoms with van der Waals surface area (Å²) in [6.07, 6.45) is 7.37. The normalized spacial score (nSPS) is 19.8. The lowest BCUT2D eigenvalue weighted by Gasteiger charge is -2.37. The molecule has 98 valence electrons. The van der Waals surface area contributed by atoms with Gasteiger partial charge in [-0.25, -0.2) is 0 Å². The summed E-state index contributed by atoms with van der Waals surface area (Å²) in [5.41, 5.74) is -0.252. The van der Waals surface area contributed by atoms with Crippen LogP contribution in [-0.2, 0) is 9.59 Å². The van der Waals surface area contributed by atoms with Crippen LogP contribution in [0.5, 0.6) is 0 Å². The van der Waals surface area contributed by atoms with Crippen LogP contribution in [-0.4, -0.2) is 22.3 Å². The maximum atomic E-state index is 11.8. The molecule has 3 heteroatoms. The Morgan fingerprint density at radius 1 is 1.06 bits per heavy atom. The van der Waals surface area contributed by atoms with Crippen molar-refractivity contribution >= 4 is 11.8 Å². The zero-order valence-corrected chi connectivity index (χ0v) is 11.4. The average Bonchev–Trinajstić information content (AvgIpc) is 2.65. The smallest absolute Gasteiger partial charge is 0.230 e. The van der Waals surface area contributed by atoms with E-state index in [0.717, 1.165) is 19.3 Å². The summed E-state index contributed by atoms with van der Waals surface area (Å²) in [5.74, 6) is 0.0460. The number of hydrogen-bond acceptors (Lipinski definition) is 2. The van der Waals surface area contributed by atoms with Gasteiger partial charge in [-0.05, 0) is 19.8 Å². The van der Waals surface area contributed by atoms with Crippen LogP contribution in [0.15, 0.2) is 0 Å². The van der Waals surface area contributed by atoms with E-state index in [4.69, 9.17) is 0 Å². The molecule has 0 aromatic carbocycles. The SMILES string of the molecule is CCCCCCC(C)(CC)N1C(=O)CCC1=O. The summed E-state index contributed by atoms with van der Waals surface area (Å²) in [6, 6.07) is 0. The van der Waals surface area contributed by atoms with E-state index in [9.17, 15) is 9.59 Å². The van der Waals surface area contributed by atoms with E-state index in [1.165, 1.54) is 19.3 Å². The molecule has 1 aliphatic rings. The first-order chi connectivity index (χ1) is 8.05. The molecule has 0 aliphatic carbocycles. The van der Waals surface area contributed by atoms with Gasteiger partial charge in [0.25, 0.3) is 0 Å². The Morgan fingerprint density at radius 3 is 2.12 bits per heavy atom. The Kier molecular flexibility index (Phi) is 5.16. The molecule has 1 rings (SSSR count). The van der Waals surface area contributed by atoms with Gasteiger partial charge in [0.05, 0.1) is 0 Å². The van der Waals surface area contributed by atoms with E-state index in [-0.39, 0.29) is 17.4 Å². The molecule has 2 amide bonds. The number of likely N-dealkylation sites (tertiary alicyclic amines) is 1. The summed E-state index contributed by atoms with van der Waals surface area (Å²) in [4.78, 5) is 25.1. The van der Waals surface area contributed by atoms with E-state index in [1.54, 1.807) is 4.90 Å². The van der Waals surface area contributed by atoms with E-state index in [2.05, 4.69) is 20.8 Å². The summed E-state index contributed by atoms with van der Waals surface area (Å²) in [7, 11) is 0. The zero-order chi connectivity index (χ0) is 12.9. The third kappa shape index (κ3) is 3.30. The number of imide groups is 1. The zero-order valence-electron chi connectivity index (χ0n) is 11.4. The highest BCUT2D eigenvalue weighted by molar-refractivity contribution is 6.02. The molecule has 0 bridgehead atoms. The number of hydrogen-bond donors (Lipinski definition) is 0.